The summed E-state index contributed by atoms with van der Waals surface area (Å²) in [6.45, 7) is 2.05. The SMILES string of the molecule is O=C(CCC(=O)OCc1ccccc1)NCCOCCOCCO. The summed E-state index contributed by atoms with van der Waals surface area (Å²) in [7, 11) is 0. The van der Waals surface area contributed by atoms with E-state index in [1.807, 2.05) is 30.3 Å². The van der Waals surface area contributed by atoms with Crippen molar-refractivity contribution in [3.63, 3.8) is 0 Å². The van der Waals surface area contributed by atoms with Crippen LogP contribution in [0.5, 0.6) is 0 Å². The molecule has 0 saturated carbocycles. The van der Waals surface area contributed by atoms with Gasteiger partial charge in [0.05, 0.1) is 39.5 Å². The Morgan fingerprint density at radius 3 is 2.38 bits per heavy atom. The van der Waals surface area contributed by atoms with Gasteiger partial charge in [0.2, 0.25) is 5.91 Å². The first-order chi connectivity index (χ1) is 11.7. The van der Waals surface area contributed by atoms with Crippen molar-refractivity contribution in [3.8, 4) is 0 Å². The molecule has 0 atom stereocenters. The summed E-state index contributed by atoms with van der Waals surface area (Å²) in [6, 6.07) is 9.38. The van der Waals surface area contributed by atoms with Gasteiger partial charge in [-0.1, -0.05) is 30.3 Å². The molecule has 134 valence electrons. The molecule has 7 heteroatoms. The Kier molecular flexibility index (Phi) is 11.3. The number of aliphatic hydroxyl groups is 1. The molecule has 0 aliphatic rings. The van der Waals surface area contributed by atoms with E-state index in [1.165, 1.54) is 0 Å². The lowest BCUT2D eigenvalue weighted by Gasteiger charge is -2.07. The van der Waals surface area contributed by atoms with Crippen LogP contribution in [-0.2, 0) is 30.4 Å². The van der Waals surface area contributed by atoms with E-state index in [9.17, 15) is 9.59 Å². The van der Waals surface area contributed by atoms with Crippen LogP contribution in [0.3, 0.4) is 0 Å². The van der Waals surface area contributed by atoms with E-state index in [0.717, 1.165) is 5.56 Å². The average Bonchev–Trinajstić information content (AvgIpc) is 2.61. The molecule has 0 bridgehead atoms. The van der Waals surface area contributed by atoms with Crippen molar-refractivity contribution in [2.45, 2.75) is 19.4 Å². The highest BCUT2D eigenvalue weighted by Crippen LogP contribution is 2.02. The van der Waals surface area contributed by atoms with Crippen molar-refractivity contribution >= 4 is 11.9 Å². The highest BCUT2D eigenvalue weighted by Gasteiger charge is 2.08. The van der Waals surface area contributed by atoms with Gasteiger partial charge in [0.1, 0.15) is 6.61 Å². The van der Waals surface area contributed by atoms with Gasteiger partial charge in [0, 0.05) is 13.0 Å². The van der Waals surface area contributed by atoms with Crippen LogP contribution < -0.4 is 5.32 Å². The number of esters is 1. The summed E-state index contributed by atoms with van der Waals surface area (Å²) in [4.78, 5) is 23.1. The number of carbonyl (C=O) groups is 2. The van der Waals surface area contributed by atoms with Crippen molar-refractivity contribution < 1.29 is 28.9 Å². The molecule has 2 N–H and O–H groups in total. The van der Waals surface area contributed by atoms with Crippen LogP contribution in [-0.4, -0.2) is 56.6 Å². The maximum Gasteiger partial charge on any atom is 0.306 e. The number of hydrogen-bond donors (Lipinski definition) is 2. The maximum atomic E-state index is 11.6. The Bertz CT molecular complexity index is 465. The average molecular weight is 339 g/mol. The smallest absolute Gasteiger partial charge is 0.306 e. The minimum absolute atomic E-state index is 0.0101. The molecule has 0 fully saturated rings. The summed E-state index contributed by atoms with van der Waals surface area (Å²) in [5.74, 6) is -0.613. The van der Waals surface area contributed by atoms with E-state index >= 15 is 0 Å². The Morgan fingerprint density at radius 1 is 0.958 bits per heavy atom. The number of benzene rings is 1. The molecule has 0 aliphatic heterocycles. The zero-order valence-electron chi connectivity index (χ0n) is 13.7. The second-order valence-electron chi connectivity index (χ2n) is 4.94. The number of rotatable bonds is 13. The van der Waals surface area contributed by atoms with E-state index in [2.05, 4.69) is 5.32 Å². The van der Waals surface area contributed by atoms with Crippen molar-refractivity contribution in [2.24, 2.45) is 0 Å². The van der Waals surface area contributed by atoms with Gasteiger partial charge >= 0.3 is 5.97 Å². The second kappa shape index (κ2) is 13.5. The molecule has 0 aromatic heterocycles. The van der Waals surface area contributed by atoms with Crippen molar-refractivity contribution in [1.82, 2.24) is 5.32 Å². The Morgan fingerprint density at radius 2 is 1.67 bits per heavy atom. The van der Waals surface area contributed by atoms with E-state index in [1.54, 1.807) is 0 Å². The monoisotopic (exact) mass is 339 g/mol. The zero-order chi connectivity index (χ0) is 17.5. The molecule has 0 spiro atoms. The van der Waals surface area contributed by atoms with Crippen LogP contribution in [0.4, 0.5) is 0 Å². The van der Waals surface area contributed by atoms with Gasteiger partial charge in [-0.15, -0.1) is 0 Å². The normalized spacial score (nSPS) is 10.4. The standard InChI is InChI=1S/C17H25NO6/c19-9-11-23-13-12-22-10-8-18-16(20)6-7-17(21)24-14-15-4-2-1-3-5-15/h1-5,19H,6-14H2,(H,18,20). The van der Waals surface area contributed by atoms with E-state index in [4.69, 9.17) is 19.3 Å². The van der Waals surface area contributed by atoms with Crippen LogP contribution in [0.25, 0.3) is 0 Å². The number of carbonyl (C=O) groups excluding carboxylic acids is 2. The van der Waals surface area contributed by atoms with Crippen molar-refractivity contribution in [1.29, 1.82) is 0 Å². The van der Waals surface area contributed by atoms with E-state index in [-0.39, 0.29) is 32.0 Å². The molecular weight excluding hydrogens is 314 g/mol. The summed E-state index contributed by atoms with van der Waals surface area (Å²) in [6.07, 6.45) is 0.141. The predicted molar refractivity (Wildman–Crippen MR) is 87.2 cm³/mol. The molecule has 1 amide bonds. The molecule has 1 aromatic carbocycles. The van der Waals surface area contributed by atoms with Crippen LogP contribution in [0.2, 0.25) is 0 Å². The van der Waals surface area contributed by atoms with Crippen LogP contribution in [0.15, 0.2) is 30.3 Å². The summed E-state index contributed by atoms with van der Waals surface area (Å²) < 4.78 is 15.3. The number of aliphatic hydroxyl groups excluding tert-OH is 1. The van der Waals surface area contributed by atoms with Crippen LogP contribution >= 0.6 is 0 Å². The largest absolute Gasteiger partial charge is 0.461 e. The lowest BCUT2D eigenvalue weighted by Crippen LogP contribution is -2.28. The van der Waals surface area contributed by atoms with Gasteiger partial charge < -0.3 is 24.6 Å². The number of ether oxygens (including phenoxy) is 3. The molecule has 0 aliphatic carbocycles. The van der Waals surface area contributed by atoms with Crippen molar-refractivity contribution in [3.05, 3.63) is 35.9 Å². The van der Waals surface area contributed by atoms with Gasteiger partial charge in [-0.2, -0.15) is 0 Å². The topological polar surface area (TPSA) is 94.1 Å². The van der Waals surface area contributed by atoms with Gasteiger partial charge in [0.25, 0.3) is 0 Å². The highest BCUT2D eigenvalue weighted by atomic mass is 16.5. The van der Waals surface area contributed by atoms with Crippen LogP contribution in [0.1, 0.15) is 18.4 Å². The maximum absolute atomic E-state index is 11.6. The molecule has 0 saturated heterocycles. The Hall–Kier alpha value is -1.96. The van der Waals surface area contributed by atoms with Crippen molar-refractivity contribution in [2.75, 3.05) is 39.6 Å². The zero-order valence-corrected chi connectivity index (χ0v) is 13.7. The summed E-state index contributed by atoms with van der Waals surface area (Å²) in [5, 5.41) is 11.2. The van der Waals surface area contributed by atoms with Gasteiger partial charge in [-0.25, -0.2) is 0 Å². The molecule has 1 aromatic rings. The molecular formula is C17H25NO6. The third-order valence-corrected chi connectivity index (χ3v) is 2.98. The quantitative estimate of drug-likeness (QED) is 0.405. The number of amides is 1. The van der Waals surface area contributed by atoms with E-state index < -0.39 is 5.97 Å². The van der Waals surface area contributed by atoms with Gasteiger partial charge in [0.15, 0.2) is 0 Å². The predicted octanol–water partition coefficient (Wildman–Crippen LogP) is 0.652. The molecule has 1 rings (SSSR count). The third-order valence-electron chi connectivity index (χ3n) is 2.98. The number of nitrogens with one attached hydrogen (secondary N) is 1. The first kappa shape index (κ1) is 20.1. The fourth-order valence-corrected chi connectivity index (χ4v) is 1.76. The molecule has 0 heterocycles. The molecule has 7 nitrogen and oxygen atoms in total. The van der Waals surface area contributed by atoms with Gasteiger partial charge in [-0.3, -0.25) is 9.59 Å². The summed E-state index contributed by atoms with van der Waals surface area (Å²) in [5.41, 5.74) is 0.912. The molecule has 0 unspecified atom stereocenters. The Balaban J connectivity index is 1.96. The molecule has 24 heavy (non-hydrogen) atoms. The minimum atomic E-state index is -0.397. The third kappa shape index (κ3) is 10.7. The second-order valence-corrected chi connectivity index (χ2v) is 4.94. The fourth-order valence-electron chi connectivity index (χ4n) is 1.76. The lowest BCUT2D eigenvalue weighted by molar-refractivity contribution is -0.146. The molecule has 0 radical (unpaired) electrons. The number of hydrogen-bond acceptors (Lipinski definition) is 6. The Labute approximate surface area is 141 Å². The minimum Gasteiger partial charge on any atom is -0.461 e. The van der Waals surface area contributed by atoms with E-state index in [0.29, 0.717) is 33.0 Å². The lowest BCUT2D eigenvalue weighted by atomic mass is 10.2. The van der Waals surface area contributed by atoms with Gasteiger partial charge in [-0.05, 0) is 5.56 Å². The van der Waals surface area contributed by atoms with Crippen LogP contribution in [0, 0.1) is 0 Å². The first-order valence-electron chi connectivity index (χ1n) is 7.95. The highest BCUT2D eigenvalue weighted by molar-refractivity contribution is 5.81. The summed E-state index contributed by atoms with van der Waals surface area (Å²) >= 11 is 0. The fraction of sp³-hybridized carbons (Fsp3) is 0.529. The first-order valence-corrected chi connectivity index (χ1v) is 7.95.